The highest BCUT2D eigenvalue weighted by atomic mass is 16.3. The zero-order chi connectivity index (χ0) is 15.5. The van der Waals surface area contributed by atoms with E-state index < -0.39 is 0 Å². The molecular weight excluding hydrogens is 264 g/mol. The molecule has 0 bridgehead atoms. The molecule has 0 aliphatic rings. The van der Waals surface area contributed by atoms with E-state index in [1.165, 1.54) is 6.07 Å². The average Bonchev–Trinajstić information content (AvgIpc) is 2.37. The second-order valence-corrected chi connectivity index (χ2v) is 5.93. The number of carbonyl (C=O) groups is 1. The van der Waals surface area contributed by atoms with Gasteiger partial charge in [-0.25, -0.2) is 4.79 Å². The van der Waals surface area contributed by atoms with Crippen molar-refractivity contribution in [2.45, 2.75) is 26.2 Å². The van der Waals surface area contributed by atoms with Crippen LogP contribution in [0.4, 0.5) is 16.2 Å². The Labute approximate surface area is 124 Å². The topological polar surface area (TPSA) is 61.4 Å². The van der Waals surface area contributed by atoms with Crippen molar-refractivity contribution in [3.63, 3.8) is 0 Å². The molecular formula is C17H20N2O2. The van der Waals surface area contributed by atoms with Crippen LogP contribution in [0.5, 0.6) is 5.75 Å². The summed E-state index contributed by atoms with van der Waals surface area (Å²) < 4.78 is 0. The molecule has 2 rings (SSSR count). The van der Waals surface area contributed by atoms with E-state index in [-0.39, 0.29) is 17.2 Å². The van der Waals surface area contributed by atoms with Crippen LogP contribution < -0.4 is 10.6 Å². The van der Waals surface area contributed by atoms with Gasteiger partial charge in [0.05, 0.1) is 0 Å². The number of rotatable bonds is 2. The van der Waals surface area contributed by atoms with Gasteiger partial charge in [0.15, 0.2) is 0 Å². The van der Waals surface area contributed by atoms with Gasteiger partial charge in [-0.15, -0.1) is 0 Å². The van der Waals surface area contributed by atoms with Crippen molar-refractivity contribution in [3.8, 4) is 5.75 Å². The predicted octanol–water partition coefficient (Wildman–Crippen LogP) is 4.33. The van der Waals surface area contributed by atoms with Gasteiger partial charge in [-0.1, -0.05) is 45.0 Å². The van der Waals surface area contributed by atoms with Gasteiger partial charge in [0, 0.05) is 17.4 Å². The average molecular weight is 284 g/mol. The van der Waals surface area contributed by atoms with Gasteiger partial charge in [-0.3, -0.25) is 0 Å². The third-order valence-corrected chi connectivity index (χ3v) is 3.09. The summed E-state index contributed by atoms with van der Waals surface area (Å²) in [6.07, 6.45) is 0. The Hall–Kier alpha value is -2.49. The van der Waals surface area contributed by atoms with E-state index in [2.05, 4.69) is 31.4 Å². The maximum Gasteiger partial charge on any atom is 0.323 e. The zero-order valence-electron chi connectivity index (χ0n) is 12.5. The lowest BCUT2D eigenvalue weighted by Crippen LogP contribution is -2.22. The van der Waals surface area contributed by atoms with Crippen molar-refractivity contribution in [2.75, 3.05) is 10.6 Å². The number of urea groups is 1. The highest BCUT2D eigenvalue weighted by Crippen LogP contribution is 2.29. The molecule has 0 saturated carbocycles. The molecule has 0 aliphatic carbocycles. The normalized spacial score (nSPS) is 11.0. The lowest BCUT2D eigenvalue weighted by molar-refractivity contribution is 0.262. The van der Waals surface area contributed by atoms with Crippen molar-refractivity contribution in [3.05, 3.63) is 54.1 Å². The first-order chi connectivity index (χ1) is 9.86. The van der Waals surface area contributed by atoms with E-state index in [9.17, 15) is 9.90 Å². The highest BCUT2D eigenvalue weighted by molar-refractivity contribution is 6.00. The second-order valence-electron chi connectivity index (χ2n) is 5.93. The van der Waals surface area contributed by atoms with E-state index in [0.29, 0.717) is 5.69 Å². The van der Waals surface area contributed by atoms with E-state index in [1.807, 2.05) is 24.3 Å². The van der Waals surface area contributed by atoms with Crippen molar-refractivity contribution in [1.82, 2.24) is 0 Å². The van der Waals surface area contributed by atoms with Crippen LogP contribution in [0, 0.1) is 0 Å². The molecule has 2 aromatic rings. The third kappa shape index (κ3) is 3.99. The number of benzene rings is 2. The molecule has 2 amide bonds. The predicted molar refractivity (Wildman–Crippen MR) is 85.9 cm³/mol. The number of anilines is 2. The lowest BCUT2D eigenvalue weighted by atomic mass is 9.86. The minimum Gasteiger partial charge on any atom is -0.508 e. The first-order valence-electron chi connectivity index (χ1n) is 6.83. The quantitative estimate of drug-likeness (QED) is 0.768. The summed E-state index contributed by atoms with van der Waals surface area (Å²) in [7, 11) is 0. The highest BCUT2D eigenvalue weighted by Gasteiger charge is 2.18. The molecule has 4 nitrogen and oxygen atoms in total. The maximum atomic E-state index is 12.1. The van der Waals surface area contributed by atoms with Crippen molar-refractivity contribution in [2.24, 2.45) is 0 Å². The van der Waals surface area contributed by atoms with Gasteiger partial charge in [0.2, 0.25) is 0 Å². The summed E-state index contributed by atoms with van der Waals surface area (Å²) in [4.78, 5) is 12.1. The van der Waals surface area contributed by atoms with Crippen LogP contribution in [0.3, 0.4) is 0 Å². The minimum absolute atomic E-state index is 0.0606. The standard InChI is InChI=1S/C17H20N2O2/c1-17(2,3)14-9-4-5-10-15(14)19-16(21)18-12-7-6-8-13(20)11-12/h4-11,20H,1-3H3,(H2,18,19,21). The smallest absolute Gasteiger partial charge is 0.323 e. The molecule has 0 saturated heterocycles. The molecule has 0 heterocycles. The fraction of sp³-hybridized carbons (Fsp3) is 0.235. The van der Waals surface area contributed by atoms with Crippen LogP contribution in [0.2, 0.25) is 0 Å². The van der Waals surface area contributed by atoms with Crippen LogP contribution >= 0.6 is 0 Å². The molecule has 0 radical (unpaired) electrons. The molecule has 0 aromatic heterocycles. The number of phenolic OH excluding ortho intramolecular Hbond substituents is 1. The number of amides is 2. The monoisotopic (exact) mass is 284 g/mol. The second kappa shape index (κ2) is 5.87. The molecule has 0 spiro atoms. The van der Waals surface area contributed by atoms with Gasteiger partial charge >= 0.3 is 6.03 Å². The first kappa shape index (κ1) is 14.9. The molecule has 3 N–H and O–H groups in total. The Morgan fingerprint density at radius 2 is 1.71 bits per heavy atom. The van der Waals surface area contributed by atoms with E-state index in [0.717, 1.165) is 11.3 Å². The Morgan fingerprint density at radius 1 is 1.00 bits per heavy atom. The largest absolute Gasteiger partial charge is 0.508 e. The first-order valence-corrected chi connectivity index (χ1v) is 6.83. The maximum absolute atomic E-state index is 12.1. The summed E-state index contributed by atoms with van der Waals surface area (Å²) in [5.74, 6) is 0.114. The summed E-state index contributed by atoms with van der Waals surface area (Å²) in [6.45, 7) is 6.29. The number of para-hydroxylation sites is 1. The van der Waals surface area contributed by atoms with Crippen LogP contribution in [-0.2, 0) is 5.41 Å². The SMILES string of the molecule is CC(C)(C)c1ccccc1NC(=O)Nc1cccc(O)c1. The number of phenols is 1. The summed E-state index contributed by atoms with van der Waals surface area (Å²) in [5, 5.41) is 14.9. The molecule has 2 aromatic carbocycles. The van der Waals surface area contributed by atoms with Crippen molar-refractivity contribution < 1.29 is 9.90 Å². The minimum atomic E-state index is -0.336. The molecule has 0 fully saturated rings. The number of carbonyl (C=O) groups excluding carboxylic acids is 1. The van der Waals surface area contributed by atoms with Crippen LogP contribution in [-0.4, -0.2) is 11.1 Å². The van der Waals surface area contributed by atoms with Crippen LogP contribution in [0.15, 0.2) is 48.5 Å². The number of hydrogen-bond acceptors (Lipinski definition) is 2. The van der Waals surface area contributed by atoms with E-state index in [1.54, 1.807) is 18.2 Å². The molecule has 110 valence electrons. The Bertz CT molecular complexity index is 645. The van der Waals surface area contributed by atoms with Crippen molar-refractivity contribution >= 4 is 17.4 Å². The summed E-state index contributed by atoms with van der Waals surface area (Å²) in [5.41, 5.74) is 2.33. The summed E-state index contributed by atoms with van der Waals surface area (Å²) in [6, 6.07) is 13.8. The van der Waals surface area contributed by atoms with Gasteiger partial charge in [0.25, 0.3) is 0 Å². The number of nitrogens with one attached hydrogen (secondary N) is 2. The Morgan fingerprint density at radius 3 is 2.38 bits per heavy atom. The number of aromatic hydroxyl groups is 1. The van der Waals surface area contributed by atoms with Crippen LogP contribution in [0.25, 0.3) is 0 Å². The van der Waals surface area contributed by atoms with Gasteiger partial charge in [-0.2, -0.15) is 0 Å². The molecule has 0 unspecified atom stereocenters. The Kier molecular flexibility index (Phi) is 4.17. The molecule has 0 aliphatic heterocycles. The molecule has 0 atom stereocenters. The fourth-order valence-electron chi connectivity index (χ4n) is 2.11. The zero-order valence-corrected chi connectivity index (χ0v) is 12.5. The van der Waals surface area contributed by atoms with E-state index in [4.69, 9.17) is 0 Å². The lowest BCUT2D eigenvalue weighted by Gasteiger charge is -2.23. The van der Waals surface area contributed by atoms with Gasteiger partial charge in [0.1, 0.15) is 5.75 Å². The van der Waals surface area contributed by atoms with Crippen molar-refractivity contribution in [1.29, 1.82) is 0 Å². The van der Waals surface area contributed by atoms with Gasteiger partial charge in [-0.05, 0) is 29.2 Å². The van der Waals surface area contributed by atoms with Gasteiger partial charge < -0.3 is 15.7 Å². The molecule has 4 heteroatoms. The summed E-state index contributed by atoms with van der Waals surface area (Å²) >= 11 is 0. The van der Waals surface area contributed by atoms with E-state index >= 15 is 0 Å². The Balaban J connectivity index is 2.14. The fourth-order valence-corrected chi connectivity index (χ4v) is 2.11. The molecule has 21 heavy (non-hydrogen) atoms. The van der Waals surface area contributed by atoms with Crippen LogP contribution in [0.1, 0.15) is 26.3 Å². The number of hydrogen-bond donors (Lipinski definition) is 3. The third-order valence-electron chi connectivity index (χ3n) is 3.09.